The molecule has 0 radical (unpaired) electrons. The Bertz CT molecular complexity index is 730. The van der Waals surface area contributed by atoms with Gasteiger partial charge in [-0.2, -0.15) is 0 Å². The van der Waals surface area contributed by atoms with Crippen LogP contribution >= 0.6 is 0 Å². The van der Waals surface area contributed by atoms with Crippen LogP contribution in [0.2, 0.25) is 0 Å². The van der Waals surface area contributed by atoms with Crippen molar-refractivity contribution in [3.8, 4) is 0 Å². The Labute approximate surface area is 144 Å². The predicted molar refractivity (Wildman–Crippen MR) is 90.1 cm³/mol. The Morgan fingerprint density at radius 3 is 2.44 bits per heavy atom. The van der Waals surface area contributed by atoms with E-state index in [0.717, 1.165) is 0 Å². The number of hydrogen-bond acceptors (Lipinski definition) is 5. The molecule has 1 atom stereocenters. The molecule has 2 rings (SSSR count). The minimum atomic E-state index is -1.23. The largest absolute Gasteiger partial charge is 0.467 e. The fourth-order valence-corrected chi connectivity index (χ4v) is 2.16. The summed E-state index contributed by atoms with van der Waals surface area (Å²) in [6.45, 7) is 1.47. The highest BCUT2D eigenvalue weighted by Gasteiger charge is 2.33. The number of carbonyl (C=O) groups excluding carboxylic acids is 3. The average Bonchev–Trinajstić information content (AvgIpc) is 3.12. The molecule has 8 heteroatoms. The number of rotatable bonds is 7. The molecular formula is C17H20N4O4. The summed E-state index contributed by atoms with van der Waals surface area (Å²) in [7, 11) is 0. The number of amides is 4. The molecule has 0 aliphatic heterocycles. The van der Waals surface area contributed by atoms with Crippen molar-refractivity contribution < 1.29 is 18.8 Å². The van der Waals surface area contributed by atoms with Crippen LogP contribution < -0.4 is 21.7 Å². The van der Waals surface area contributed by atoms with Gasteiger partial charge in [-0.05, 0) is 24.6 Å². The predicted octanol–water partition coefficient (Wildman–Crippen LogP) is 0.596. The lowest BCUT2D eigenvalue weighted by molar-refractivity contribution is -0.125. The summed E-state index contributed by atoms with van der Waals surface area (Å²) >= 11 is 0. The summed E-state index contributed by atoms with van der Waals surface area (Å²) in [5.74, 6) is -0.666. The van der Waals surface area contributed by atoms with E-state index >= 15 is 0 Å². The monoisotopic (exact) mass is 344 g/mol. The molecular weight excluding hydrogens is 324 g/mol. The minimum absolute atomic E-state index is 0.155. The summed E-state index contributed by atoms with van der Waals surface area (Å²) in [6.07, 6.45) is 1.48. The molecule has 8 nitrogen and oxygen atoms in total. The Morgan fingerprint density at radius 2 is 1.84 bits per heavy atom. The van der Waals surface area contributed by atoms with Crippen molar-refractivity contribution >= 4 is 17.8 Å². The molecule has 1 aromatic carbocycles. The zero-order chi connectivity index (χ0) is 18.3. The lowest BCUT2D eigenvalue weighted by atomic mass is 9.91. The van der Waals surface area contributed by atoms with Crippen molar-refractivity contribution in [2.45, 2.75) is 19.0 Å². The van der Waals surface area contributed by atoms with Gasteiger partial charge in [0.15, 0.2) is 0 Å². The van der Waals surface area contributed by atoms with Gasteiger partial charge in [-0.25, -0.2) is 4.79 Å². The van der Waals surface area contributed by atoms with Gasteiger partial charge in [0.2, 0.25) is 11.8 Å². The van der Waals surface area contributed by atoms with Crippen LogP contribution in [0.3, 0.4) is 0 Å². The first-order chi connectivity index (χ1) is 11.9. The molecule has 1 heterocycles. The molecule has 5 N–H and O–H groups in total. The van der Waals surface area contributed by atoms with Crippen molar-refractivity contribution in [1.82, 2.24) is 16.0 Å². The van der Waals surface area contributed by atoms with Crippen LogP contribution in [0.4, 0.5) is 4.79 Å². The summed E-state index contributed by atoms with van der Waals surface area (Å²) in [6, 6.07) is 11.5. The number of nitrogens with one attached hydrogen (secondary N) is 3. The van der Waals surface area contributed by atoms with E-state index in [2.05, 4.69) is 16.0 Å². The second-order valence-electron chi connectivity index (χ2n) is 5.52. The number of nitrogens with two attached hydrogens (primary N) is 1. The summed E-state index contributed by atoms with van der Waals surface area (Å²) in [5.41, 5.74) is 4.86. The summed E-state index contributed by atoms with van der Waals surface area (Å²) < 4.78 is 5.07. The SMILES string of the molecule is C[C@@](NCC(=O)NC(=O)NCc1ccco1)(C(N)=O)c1ccccc1. The topological polar surface area (TPSA) is 126 Å². The van der Waals surface area contributed by atoms with Crippen LogP contribution in [0.1, 0.15) is 18.2 Å². The van der Waals surface area contributed by atoms with Crippen LogP contribution in [0.5, 0.6) is 0 Å². The molecule has 0 spiro atoms. The van der Waals surface area contributed by atoms with Gasteiger partial charge in [0.05, 0.1) is 19.4 Å². The molecule has 0 saturated carbocycles. The van der Waals surface area contributed by atoms with Crippen LogP contribution in [0, 0.1) is 0 Å². The lowest BCUT2D eigenvalue weighted by Gasteiger charge is -2.27. The van der Waals surface area contributed by atoms with Crippen molar-refractivity contribution in [3.63, 3.8) is 0 Å². The van der Waals surface area contributed by atoms with Crippen molar-refractivity contribution in [3.05, 3.63) is 60.1 Å². The van der Waals surface area contributed by atoms with Gasteiger partial charge in [-0.15, -0.1) is 0 Å². The van der Waals surface area contributed by atoms with Crippen LogP contribution in [-0.2, 0) is 21.7 Å². The Kier molecular flexibility index (Phi) is 5.91. The van der Waals surface area contributed by atoms with E-state index in [1.807, 2.05) is 0 Å². The third kappa shape index (κ3) is 4.92. The number of carbonyl (C=O) groups is 3. The van der Waals surface area contributed by atoms with Gasteiger partial charge in [-0.3, -0.25) is 20.2 Å². The van der Waals surface area contributed by atoms with E-state index in [0.29, 0.717) is 11.3 Å². The van der Waals surface area contributed by atoms with Crippen molar-refractivity contribution in [2.24, 2.45) is 5.73 Å². The second kappa shape index (κ2) is 8.11. The van der Waals surface area contributed by atoms with Gasteiger partial charge in [0, 0.05) is 0 Å². The third-order valence-corrected chi connectivity index (χ3v) is 3.70. The highest BCUT2D eigenvalue weighted by atomic mass is 16.3. The molecule has 4 amide bonds. The average molecular weight is 344 g/mol. The maximum absolute atomic E-state index is 11.9. The molecule has 0 saturated heterocycles. The molecule has 25 heavy (non-hydrogen) atoms. The van der Waals surface area contributed by atoms with Crippen LogP contribution in [-0.4, -0.2) is 24.4 Å². The van der Waals surface area contributed by atoms with Gasteiger partial charge >= 0.3 is 6.03 Å². The smallest absolute Gasteiger partial charge is 0.321 e. The zero-order valence-corrected chi connectivity index (χ0v) is 13.7. The summed E-state index contributed by atoms with van der Waals surface area (Å²) in [5, 5.41) is 7.45. The number of hydrogen-bond donors (Lipinski definition) is 4. The molecule has 2 aromatic rings. The molecule has 0 bridgehead atoms. The van der Waals surface area contributed by atoms with Gasteiger partial charge < -0.3 is 15.5 Å². The maximum Gasteiger partial charge on any atom is 0.321 e. The quantitative estimate of drug-likeness (QED) is 0.585. The standard InChI is InChI=1S/C17H20N4O4/c1-17(15(18)23,12-6-3-2-4-7-12)20-11-14(22)21-16(24)19-10-13-8-5-9-25-13/h2-9,20H,10-11H2,1H3,(H2,18,23)(H2,19,21,22,24)/t17-/m0/s1. The molecule has 0 fully saturated rings. The van der Waals surface area contributed by atoms with Gasteiger partial charge in [0.1, 0.15) is 11.3 Å². The van der Waals surface area contributed by atoms with Crippen molar-refractivity contribution in [2.75, 3.05) is 6.54 Å². The normalized spacial score (nSPS) is 12.8. The minimum Gasteiger partial charge on any atom is -0.467 e. The van der Waals surface area contributed by atoms with E-state index in [4.69, 9.17) is 10.2 Å². The molecule has 0 unspecified atom stereocenters. The highest BCUT2D eigenvalue weighted by molar-refractivity contribution is 5.95. The van der Waals surface area contributed by atoms with Crippen LogP contribution in [0.25, 0.3) is 0 Å². The Hall–Kier alpha value is -3.13. The molecule has 132 valence electrons. The third-order valence-electron chi connectivity index (χ3n) is 3.70. The Morgan fingerprint density at radius 1 is 1.12 bits per heavy atom. The van der Waals surface area contributed by atoms with E-state index in [9.17, 15) is 14.4 Å². The molecule has 0 aliphatic carbocycles. The number of urea groups is 1. The van der Waals surface area contributed by atoms with Gasteiger partial charge in [0.25, 0.3) is 0 Å². The first kappa shape index (κ1) is 18.2. The van der Waals surface area contributed by atoms with E-state index < -0.39 is 23.4 Å². The zero-order valence-electron chi connectivity index (χ0n) is 13.7. The second-order valence-corrected chi connectivity index (χ2v) is 5.52. The van der Waals surface area contributed by atoms with Gasteiger partial charge in [-0.1, -0.05) is 30.3 Å². The van der Waals surface area contributed by atoms with Crippen LogP contribution in [0.15, 0.2) is 53.1 Å². The highest BCUT2D eigenvalue weighted by Crippen LogP contribution is 2.19. The first-order valence-electron chi connectivity index (χ1n) is 7.62. The van der Waals surface area contributed by atoms with E-state index in [-0.39, 0.29) is 13.1 Å². The maximum atomic E-state index is 11.9. The Balaban J connectivity index is 1.86. The number of furan rings is 1. The van der Waals surface area contributed by atoms with E-state index in [1.54, 1.807) is 49.4 Å². The molecule has 1 aromatic heterocycles. The van der Waals surface area contributed by atoms with Crippen molar-refractivity contribution in [1.29, 1.82) is 0 Å². The fraction of sp³-hybridized carbons (Fsp3) is 0.235. The number of benzene rings is 1. The fourth-order valence-electron chi connectivity index (χ4n) is 2.16. The lowest BCUT2D eigenvalue weighted by Crippen LogP contribution is -2.54. The number of primary amides is 1. The molecule has 0 aliphatic rings. The first-order valence-corrected chi connectivity index (χ1v) is 7.62. The summed E-state index contributed by atoms with van der Waals surface area (Å²) in [4.78, 5) is 35.4. The van der Waals surface area contributed by atoms with E-state index in [1.165, 1.54) is 6.26 Å². The number of imide groups is 1.